The summed E-state index contributed by atoms with van der Waals surface area (Å²) in [6.07, 6.45) is 0.191. The van der Waals surface area contributed by atoms with Gasteiger partial charge in [-0.25, -0.2) is 24.4 Å². The second-order valence-electron chi connectivity index (χ2n) is 9.83. The lowest BCUT2D eigenvalue weighted by Crippen LogP contribution is -2.29. The predicted molar refractivity (Wildman–Crippen MR) is 177 cm³/mol. The SMILES string of the molecule is COc1cc(-n2c(=O)[nH][nH]c2=O)ccc1OCCNC(=O)CCOCCOCCOCCOCCOCCOCCOCCOCCN=[N+]=[N-]. The van der Waals surface area contributed by atoms with E-state index in [0.29, 0.717) is 123 Å². The van der Waals surface area contributed by atoms with Gasteiger partial charge in [-0.05, 0) is 17.7 Å². The minimum Gasteiger partial charge on any atom is -0.493 e. The first-order valence-electron chi connectivity index (χ1n) is 16.2. The van der Waals surface area contributed by atoms with Crippen molar-refractivity contribution in [2.45, 2.75) is 6.42 Å². The fraction of sp³-hybridized carbons (Fsp3) is 0.700. The van der Waals surface area contributed by atoms with Gasteiger partial charge in [-0.15, -0.1) is 0 Å². The summed E-state index contributed by atoms with van der Waals surface area (Å²) >= 11 is 0. The number of methoxy groups -OCH3 is 1. The number of ether oxygens (including phenoxy) is 10. The van der Waals surface area contributed by atoms with Crippen LogP contribution in [0.3, 0.4) is 0 Å². The largest absolute Gasteiger partial charge is 0.493 e. The van der Waals surface area contributed by atoms with Crippen LogP contribution in [0.4, 0.5) is 0 Å². The summed E-state index contributed by atoms with van der Waals surface area (Å²) < 4.78 is 55.1. The summed E-state index contributed by atoms with van der Waals surface area (Å²) in [7, 11) is 1.44. The van der Waals surface area contributed by atoms with Gasteiger partial charge < -0.3 is 52.7 Å². The summed E-state index contributed by atoms with van der Waals surface area (Å²) in [5.41, 5.74) is 7.25. The Morgan fingerprint density at radius 2 is 1.16 bits per heavy atom. The number of carbonyl (C=O) groups excluding carboxylic acids is 1. The molecule has 1 heterocycles. The molecule has 0 saturated heterocycles. The van der Waals surface area contributed by atoms with Gasteiger partial charge in [0.15, 0.2) is 11.5 Å². The van der Waals surface area contributed by atoms with E-state index in [0.717, 1.165) is 4.57 Å². The third-order valence-electron chi connectivity index (χ3n) is 6.25. The van der Waals surface area contributed by atoms with E-state index < -0.39 is 11.4 Å². The summed E-state index contributed by atoms with van der Waals surface area (Å²) in [5, 5.41) is 10.5. The summed E-state index contributed by atoms with van der Waals surface area (Å²) in [4.78, 5) is 38.3. The Morgan fingerprint density at radius 3 is 1.62 bits per heavy atom. The highest BCUT2D eigenvalue weighted by Gasteiger charge is 2.11. The number of H-pyrrole nitrogens is 2. The summed E-state index contributed by atoms with van der Waals surface area (Å²) in [5.74, 6) is 0.541. The molecule has 0 aliphatic carbocycles. The first-order valence-corrected chi connectivity index (χ1v) is 16.2. The molecule has 0 aliphatic rings. The monoisotopic (exact) mass is 715 g/mol. The summed E-state index contributed by atoms with van der Waals surface area (Å²) in [6.45, 7) is 7.55. The van der Waals surface area contributed by atoms with Crippen molar-refractivity contribution in [1.29, 1.82) is 0 Å². The number of rotatable bonds is 33. The number of nitrogens with zero attached hydrogens (tertiary/aromatic N) is 4. The molecule has 0 aliphatic heterocycles. The van der Waals surface area contributed by atoms with Crippen molar-refractivity contribution in [3.05, 3.63) is 49.6 Å². The molecule has 0 unspecified atom stereocenters. The maximum Gasteiger partial charge on any atom is 0.348 e. The molecule has 20 heteroatoms. The number of aromatic amines is 2. The van der Waals surface area contributed by atoms with Crippen LogP contribution in [0.15, 0.2) is 32.9 Å². The van der Waals surface area contributed by atoms with E-state index in [1.165, 1.54) is 13.2 Å². The lowest BCUT2D eigenvalue weighted by molar-refractivity contribution is -0.122. The number of hydrogen-bond donors (Lipinski definition) is 3. The smallest absolute Gasteiger partial charge is 0.348 e. The molecule has 1 amide bonds. The van der Waals surface area contributed by atoms with E-state index in [1.807, 2.05) is 0 Å². The highest BCUT2D eigenvalue weighted by atomic mass is 16.6. The van der Waals surface area contributed by atoms with Gasteiger partial charge in [0.05, 0.1) is 125 Å². The van der Waals surface area contributed by atoms with Crippen LogP contribution in [-0.4, -0.2) is 153 Å². The Morgan fingerprint density at radius 1 is 0.700 bits per heavy atom. The maximum absolute atomic E-state index is 12.0. The normalized spacial score (nSPS) is 11.0. The van der Waals surface area contributed by atoms with Crippen LogP contribution < -0.4 is 26.2 Å². The van der Waals surface area contributed by atoms with Crippen LogP contribution in [0.25, 0.3) is 16.1 Å². The van der Waals surface area contributed by atoms with E-state index in [4.69, 9.17) is 52.9 Å². The zero-order chi connectivity index (χ0) is 35.9. The Kier molecular flexibility index (Phi) is 24.3. The molecule has 2 rings (SSSR count). The van der Waals surface area contributed by atoms with Gasteiger partial charge in [0.1, 0.15) is 6.61 Å². The maximum atomic E-state index is 12.0. The first kappa shape index (κ1) is 42.2. The number of hydrogen-bond acceptors (Lipinski definition) is 14. The molecule has 282 valence electrons. The number of amides is 1. The lowest BCUT2D eigenvalue weighted by Gasteiger charge is -2.12. The van der Waals surface area contributed by atoms with Crippen LogP contribution in [0.5, 0.6) is 11.5 Å². The van der Waals surface area contributed by atoms with E-state index in [2.05, 4.69) is 25.5 Å². The van der Waals surface area contributed by atoms with Crippen molar-refractivity contribution in [2.24, 2.45) is 5.11 Å². The van der Waals surface area contributed by atoms with Crippen molar-refractivity contribution in [1.82, 2.24) is 20.1 Å². The minimum atomic E-state index is -0.604. The van der Waals surface area contributed by atoms with Gasteiger partial charge in [0, 0.05) is 23.9 Å². The quantitative estimate of drug-likeness (QED) is 0.0388. The van der Waals surface area contributed by atoms with Crippen molar-refractivity contribution in [3.63, 3.8) is 0 Å². The lowest BCUT2D eigenvalue weighted by atomic mass is 10.2. The molecule has 0 spiro atoms. The van der Waals surface area contributed by atoms with E-state index in [1.54, 1.807) is 12.1 Å². The third kappa shape index (κ3) is 19.9. The van der Waals surface area contributed by atoms with Crippen LogP contribution in [0, 0.1) is 0 Å². The molecule has 3 N–H and O–H groups in total. The third-order valence-corrected chi connectivity index (χ3v) is 6.25. The van der Waals surface area contributed by atoms with Gasteiger partial charge in [-0.2, -0.15) is 0 Å². The van der Waals surface area contributed by atoms with Crippen molar-refractivity contribution >= 4 is 5.91 Å². The highest BCUT2D eigenvalue weighted by molar-refractivity contribution is 5.75. The topological polar surface area (TPSA) is 241 Å². The van der Waals surface area contributed by atoms with Gasteiger partial charge in [0.25, 0.3) is 0 Å². The Labute approximate surface area is 289 Å². The van der Waals surface area contributed by atoms with E-state index in [9.17, 15) is 14.4 Å². The Bertz CT molecular complexity index is 1300. The first-order chi connectivity index (χ1) is 24.6. The molecule has 1 aromatic carbocycles. The van der Waals surface area contributed by atoms with Gasteiger partial charge in [-0.1, -0.05) is 5.11 Å². The molecule has 1 aromatic heterocycles. The fourth-order valence-electron chi connectivity index (χ4n) is 3.86. The Balaban J connectivity index is 1.29. The molecule has 50 heavy (non-hydrogen) atoms. The predicted octanol–water partition coefficient (Wildman–Crippen LogP) is 0.191. The molecular weight excluding hydrogens is 666 g/mol. The number of nitrogens with one attached hydrogen (secondary N) is 3. The van der Waals surface area contributed by atoms with Crippen LogP contribution in [-0.2, 0) is 42.7 Å². The van der Waals surface area contributed by atoms with Gasteiger partial charge >= 0.3 is 11.4 Å². The number of aromatic nitrogens is 3. The average Bonchev–Trinajstić information content (AvgIpc) is 3.46. The zero-order valence-corrected chi connectivity index (χ0v) is 28.5. The minimum absolute atomic E-state index is 0.181. The molecule has 0 saturated carbocycles. The molecule has 0 radical (unpaired) electrons. The zero-order valence-electron chi connectivity index (χ0n) is 28.5. The average molecular weight is 716 g/mol. The number of carbonyl (C=O) groups is 1. The molecule has 2 aromatic rings. The summed E-state index contributed by atoms with van der Waals surface area (Å²) in [6, 6.07) is 4.62. The molecule has 0 bridgehead atoms. The van der Waals surface area contributed by atoms with Gasteiger partial charge in [0.2, 0.25) is 5.91 Å². The van der Waals surface area contributed by atoms with Crippen molar-refractivity contribution in [2.75, 3.05) is 133 Å². The van der Waals surface area contributed by atoms with E-state index in [-0.39, 0.29) is 32.1 Å². The fourth-order valence-corrected chi connectivity index (χ4v) is 3.86. The highest BCUT2D eigenvalue weighted by Crippen LogP contribution is 2.28. The number of azide groups is 1. The standard InChI is InChI=1S/C30H49N7O13/c1-41-27-24-25(37-29(39)34-35-30(37)40)2-3-26(27)50-9-5-32-28(38)4-7-42-10-12-44-14-16-46-18-20-48-22-23-49-21-19-47-17-15-45-13-11-43-8-6-33-36-31/h2-3,24H,4-23H2,1H3,(H,32,38)(H,34,39)(H,35,40). The second-order valence-corrected chi connectivity index (χ2v) is 9.83. The van der Waals surface area contributed by atoms with Crippen LogP contribution in [0.2, 0.25) is 0 Å². The van der Waals surface area contributed by atoms with Crippen molar-refractivity contribution in [3.8, 4) is 17.2 Å². The van der Waals surface area contributed by atoms with Crippen LogP contribution >= 0.6 is 0 Å². The molecule has 0 fully saturated rings. The van der Waals surface area contributed by atoms with Crippen molar-refractivity contribution < 1.29 is 52.2 Å². The van der Waals surface area contributed by atoms with Gasteiger partial charge in [-0.3, -0.25) is 4.79 Å². The molecule has 20 nitrogen and oxygen atoms in total. The Hall–Kier alpha value is -3.98. The van der Waals surface area contributed by atoms with E-state index >= 15 is 0 Å². The number of benzene rings is 1. The molecule has 0 atom stereocenters. The molecular formula is C30H49N7O13. The second kappa shape index (κ2) is 28.8. The van der Waals surface area contributed by atoms with Crippen LogP contribution in [0.1, 0.15) is 6.42 Å².